The summed E-state index contributed by atoms with van der Waals surface area (Å²) in [6.07, 6.45) is 0.622. The predicted octanol–water partition coefficient (Wildman–Crippen LogP) is 4.15. The van der Waals surface area contributed by atoms with E-state index in [0.29, 0.717) is 47.4 Å². The van der Waals surface area contributed by atoms with Gasteiger partial charge in [-0.1, -0.05) is 13.0 Å². The molecule has 0 saturated carbocycles. The van der Waals surface area contributed by atoms with Crippen molar-refractivity contribution in [2.45, 2.75) is 59.4 Å². The number of anilines is 1. The Morgan fingerprint density at radius 3 is 2.21 bits per heavy atom. The van der Waals surface area contributed by atoms with E-state index in [1.807, 2.05) is 50.5 Å². The lowest BCUT2D eigenvalue weighted by Gasteiger charge is -2.11. The Balaban J connectivity index is 2.13. The van der Waals surface area contributed by atoms with Crippen LogP contribution in [0.25, 0.3) is 11.6 Å². The molecule has 150 valence electrons. The maximum Gasteiger partial charge on any atom is 0.264 e. The molecule has 0 unspecified atom stereocenters. The molecule has 0 spiro atoms. The van der Waals surface area contributed by atoms with Crippen molar-refractivity contribution in [3.63, 3.8) is 0 Å². The fourth-order valence-corrected chi connectivity index (χ4v) is 5.20. The first-order valence-electron chi connectivity index (χ1n) is 9.31. The van der Waals surface area contributed by atoms with Gasteiger partial charge in [0.1, 0.15) is 10.6 Å². The van der Waals surface area contributed by atoms with Crippen molar-refractivity contribution in [2.24, 2.45) is 0 Å². The largest absolute Gasteiger partial charge is 0.419 e. The second kappa shape index (κ2) is 7.43. The molecule has 8 heteroatoms. The van der Waals surface area contributed by atoms with E-state index >= 15 is 0 Å². The van der Waals surface area contributed by atoms with Gasteiger partial charge in [-0.2, -0.15) is 0 Å². The lowest BCUT2D eigenvalue weighted by molar-refractivity contribution is 0.507. The van der Waals surface area contributed by atoms with Crippen LogP contribution < -0.4 is 4.72 Å². The van der Waals surface area contributed by atoms with Gasteiger partial charge in [0, 0.05) is 29.9 Å². The second-order valence-corrected chi connectivity index (χ2v) is 8.59. The molecule has 0 saturated heterocycles. The summed E-state index contributed by atoms with van der Waals surface area (Å²) in [5.41, 5.74) is 4.43. The number of nitrogens with one attached hydrogen (secondary N) is 1. The average molecular weight is 403 g/mol. The monoisotopic (exact) mass is 402 g/mol. The molecule has 0 fully saturated rings. The van der Waals surface area contributed by atoms with Crippen LogP contribution >= 0.6 is 0 Å². The van der Waals surface area contributed by atoms with Gasteiger partial charge in [-0.25, -0.2) is 8.42 Å². The highest BCUT2D eigenvalue weighted by atomic mass is 32.2. The molecule has 3 rings (SSSR count). The summed E-state index contributed by atoms with van der Waals surface area (Å²) in [6.45, 7) is 11.9. The number of aromatic nitrogens is 3. The maximum absolute atomic E-state index is 13.2. The SMILES string of the molecule is CCc1nnc(-c2c(C)c(S(=O)(=O)Nc3cc(C)cc(C)c3)c(C)n2CC)o1. The van der Waals surface area contributed by atoms with Crippen molar-refractivity contribution in [3.8, 4) is 11.6 Å². The number of hydrogen-bond donors (Lipinski definition) is 1. The van der Waals surface area contributed by atoms with Crippen LogP contribution in [0.5, 0.6) is 0 Å². The molecule has 2 aromatic heterocycles. The first-order chi connectivity index (χ1) is 13.2. The van der Waals surface area contributed by atoms with Crippen LogP contribution in [0.15, 0.2) is 27.5 Å². The van der Waals surface area contributed by atoms with Gasteiger partial charge >= 0.3 is 0 Å². The highest BCUT2D eigenvalue weighted by Gasteiger charge is 2.29. The van der Waals surface area contributed by atoms with E-state index in [0.717, 1.165) is 11.1 Å². The Kier molecular flexibility index (Phi) is 5.34. The fraction of sp³-hybridized carbons (Fsp3) is 0.400. The molecule has 3 aromatic rings. The van der Waals surface area contributed by atoms with Crippen molar-refractivity contribution >= 4 is 15.7 Å². The van der Waals surface area contributed by atoms with E-state index in [2.05, 4.69) is 14.9 Å². The smallest absolute Gasteiger partial charge is 0.264 e. The van der Waals surface area contributed by atoms with Crippen molar-refractivity contribution in [3.05, 3.63) is 46.5 Å². The van der Waals surface area contributed by atoms with Gasteiger partial charge in [-0.3, -0.25) is 4.72 Å². The molecular weight excluding hydrogens is 376 g/mol. The van der Waals surface area contributed by atoms with Gasteiger partial charge in [0.2, 0.25) is 5.89 Å². The molecule has 0 aliphatic heterocycles. The first-order valence-corrected chi connectivity index (χ1v) is 10.8. The van der Waals surface area contributed by atoms with Crippen molar-refractivity contribution in [1.29, 1.82) is 0 Å². The molecule has 0 aliphatic rings. The number of benzene rings is 1. The summed E-state index contributed by atoms with van der Waals surface area (Å²) in [4.78, 5) is 0.250. The van der Waals surface area contributed by atoms with Crippen LogP contribution in [0, 0.1) is 27.7 Å². The molecule has 0 bridgehead atoms. The van der Waals surface area contributed by atoms with Gasteiger partial charge < -0.3 is 8.98 Å². The molecular formula is C20H26N4O3S. The van der Waals surface area contributed by atoms with E-state index in [1.165, 1.54) is 0 Å². The number of aryl methyl sites for hydroxylation is 3. The van der Waals surface area contributed by atoms with Crippen molar-refractivity contribution < 1.29 is 12.8 Å². The minimum atomic E-state index is -3.79. The van der Waals surface area contributed by atoms with E-state index in [-0.39, 0.29) is 4.90 Å². The fourth-order valence-electron chi connectivity index (χ4n) is 3.67. The third-order valence-corrected chi connectivity index (χ3v) is 6.37. The minimum absolute atomic E-state index is 0.250. The lowest BCUT2D eigenvalue weighted by Crippen LogP contribution is -2.15. The summed E-state index contributed by atoms with van der Waals surface area (Å²) in [7, 11) is -3.79. The number of rotatable bonds is 6. The molecule has 1 aromatic carbocycles. The standard InChI is InChI=1S/C20H26N4O3S/c1-7-17-21-22-20(27-17)18-14(5)19(15(6)24(18)8-2)28(25,26)23-16-10-12(3)9-13(4)11-16/h9-11,23H,7-8H2,1-6H3. The summed E-state index contributed by atoms with van der Waals surface area (Å²) in [5.74, 6) is 0.862. The van der Waals surface area contributed by atoms with Crippen LogP contribution in [0.4, 0.5) is 5.69 Å². The summed E-state index contributed by atoms with van der Waals surface area (Å²) in [6, 6.07) is 5.64. The highest BCUT2D eigenvalue weighted by molar-refractivity contribution is 7.92. The van der Waals surface area contributed by atoms with Gasteiger partial charge in [-0.15, -0.1) is 10.2 Å². The van der Waals surface area contributed by atoms with E-state index in [4.69, 9.17) is 4.42 Å². The van der Waals surface area contributed by atoms with Gasteiger partial charge in [-0.05, 0) is 57.9 Å². The Morgan fingerprint density at radius 2 is 1.68 bits per heavy atom. The molecule has 0 amide bonds. The molecule has 1 N–H and O–H groups in total. The van der Waals surface area contributed by atoms with Gasteiger partial charge in [0.15, 0.2) is 0 Å². The van der Waals surface area contributed by atoms with Crippen LogP contribution in [0.3, 0.4) is 0 Å². The third kappa shape index (κ3) is 3.56. The Bertz CT molecular complexity index is 1110. The molecule has 2 heterocycles. The molecule has 0 radical (unpaired) electrons. The topological polar surface area (TPSA) is 90.0 Å². The first kappa shape index (κ1) is 20.1. The summed E-state index contributed by atoms with van der Waals surface area (Å²) >= 11 is 0. The number of hydrogen-bond acceptors (Lipinski definition) is 5. The quantitative estimate of drug-likeness (QED) is 0.669. The third-order valence-electron chi connectivity index (χ3n) is 4.73. The van der Waals surface area contributed by atoms with Crippen LogP contribution in [-0.2, 0) is 23.0 Å². The average Bonchev–Trinajstić information content (AvgIpc) is 3.15. The van der Waals surface area contributed by atoms with E-state index < -0.39 is 10.0 Å². The number of sulfonamides is 1. The van der Waals surface area contributed by atoms with Crippen LogP contribution in [0.2, 0.25) is 0 Å². The highest BCUT2D eigenvalue weighted by Crippen LogP contribution is 2.34. The van der Waals surface area contributed by atoms with E-state index in [1.54, 1.807) is 13.8 Å². The minimum Gasteiger partial charge on any atom is -0.419 e. The Morgan fingerprint density at radius 1 is 1.04 bits per heavy atom. The summed E-state index contributed by atoms with van der Waals surface area (Å²) < 4.78 is 36.8. The van der Waals surface area contributed by atoms with E-state index in [9.17, 15) is 8.42 Å². The second-order valence-electron chi connectivity index (χ2n) is 6.97. The zero-order valence-corrected chi connectivity index (χ0v) is 17.9. The zero-order valence-electron chi connectivity index (χ0n) is 17.1. The van der Waals surface area contributed by atoms with Crippen LogP contribution in [0.1, 0.15) is 42.1 Å². The van der Waals surface area contributed by atoms with Crippen LogP contribution in [-0.4, -0.2) is 23.2 Å². The van der Waals surface area contributed by atoms with Crippen molar-refractivity contribution in [1.82, 2.24) is 14.8 Å². The van der Waals surface area contributed by atoms with Gasteiger partial charge in [0.05, 0.1) is 0 Å². The maximum atomic E-state index is 13.2. The molecule has 0 atom stereocenters. The Labute approximate surface area is 165 Å². The summed E-state index contributed by atoms with van der Waals surface area (Å²) in [5, 5.41) is 8.14. The molecule has 7 nitrogen and oxygen atoms in total. The molecule has 28 heavy (non-hydrogen) atoms. The van der Waals surface area contributed by atoms with Gasteiger partial charge in [0.25, 0.3) is 15.9 Å². The van der Waals surface area contributed by atoms with Crippen molar-refractivity contribution in [2.75, 3.05) is 4.72 Å². The number of nitrogens with zero attached hydrogens (tertiary/aromatic N) is 3. The normalized spacial score (nSPS) is 11.8. The lowest BCUT2D eigenvalue weighted by atomic mass is 10.1. The Hall–Kier alpha value is -2.61. The molecule has 0 aliphatic carbocycles. The predicted molar refractivity (Wildman–Crippen MR) is 109 cm³/mol. The zero-order chi connectivity index (χ0) is 20.6.